The number of hydrogen-bond acceptors (Lipinski definition) is 4. The number of hydrogen-bond donors (Lipinski definition) is 1. The number of amides is 1. The Morgan fingerprint density at radius 1 is 1.17 bits per heavy atom. The van der Waals surface area contributed by atoms with Gasteiger partial charge in [0.2, 0.25) is 5.91 Å². The topological polar surface area (TPSA) is 81.8 Å². The van der Waals surface area contributed by atoms with Gasteiger partial charge in [0.15, 0.2) is 5.65 Å². The lowest BCUT2D eigenvalue weighted by Gasteiger charge is -2.13. The van der Waals surface area contributed by atoms with Crippen LogP contribution >= 0.6 is 0 Å². The molecule has 150 valence electrons. The quantitative estimate of drug-likeness (QED) is 0.628. The summed E-state index contributed by atoms with van der Waals surface area (Å²) in [5, 5.41) is 7.70. The van der Waals surface area contributed by atoms with Crippen LogP contribution in [0, 0.1) is 0 Å². The van der Waals surface area contributed by atoms with E-state index in [4.69, 9.17) is 0 Å². The molecule has 0 radical (unpaired) electrons. The van der Waals surface area contributed by atoms with Gasteiger partial charge in [0.05, 0.1) is 18.2 Å². The highest BCUT2D eigenvalue weighted by Crippen LogP contribution is 2.19. The number of allylic oxidation sites excluding steroid dienone is 1. The third-order valence-corrected chi connectivity index (χ3v) is 5.29. The molecule has 0 aliphatic heterocycles. The summed E-state index contributed by atoms with van der Waals surface area (Å²) in [7, 11) is 0. The molecular formula is C22H25N5O2. The maximum atomic E-state index is 12.7. The van der Waals surface area contributed by atoms with E-state index in [0.29, 0.717) is 24.1 Å². The van der Waals surface area contributed by atoms with Crippen molar-refractivity contribution in [3.8, 4) is 5.69 Å². The number of benzene rings is 1. The number of fused-ring (bicyclic) bond motifs is 1. The Balaban J connectivity index is 1.37. The van der Waals surface area contributed by atoms with Gasteiger partial charge in [-0.05, 0) is 44.2 Å². The van der Waals surface area contributed by atoms with Crippen molar-refractivity contribution in [2.45, 2.75) is 45.1 Å². The van der Waals surface area contributed by atoms with Crippen LogP contribution in [0.2, 0.25) is 0 Å². The average molecular weight is 391 g/mol. The Hall–Kier alpha value is -3.22. The molecule has 3 aromatic rings. The normalized spacial score (nSPS) is 14.0. The molecule has 2 aromatic heterocycles. The minimum absolute atomic E-state index is 0.0478. The molecule has 1 amide bonds. The molecule has 1 aliphatic rings. The van der Waals surface area contributed by atoms with E-state index < -0.39 is 0 Å². The Bertz CT molecular complexity index is 1080. The summed E-state index contributed by atoms with van der Waals surface area (Å²) in [5.74, 6) is -0.0478. The van der Waals surface area contributed by atoms with Gasteiger partial charge >= 0.3 is 0 Å². The maximum Gasteiger partial charge on any atom is 0.264 e. The van der Waals surface area contributed by atoms with Gasteiger partial charge in [0.1, 0.15) is 5.39 Å². The molecule has 7 nitrogen and oxygen atoms in total. The Morgan fingerprint density at radius 3 is 2.83 bits per heavy atom. The highest BCUT2D eigenvalue weighted by molar-refractivity contribution is 5.76. The molecule has 1 aliphatic carbocycles. The molecule has 0 unspecified atom stereocenters. The molecule has 0 fully saturated rings. The van der Waals surface area contributed by atoms with Crippen molar-refractivity contribution in [3.63, 3.8) is 0 Å². The van der Waals surface area contributed by atoms with Gasteiger partial charge in [-0.25, -0.2) is 9.67 Å². The first-order valence-electron chi connectivity index (χ1n) is 10.2. The molecule has 0 atom stereocenters. The molecule has 7 heteroatoms. The Labute approximate surface area is 169 Å². The zero-order valence-corrected chi connectivity index (χ0v) is 16.4. The average Bonchev–Trinajstić information content (AvgIpc) is 3.20. The highest BCUT2D eigenvalue weighted by Gasteiger charge is 2.12. The third-order valence-electron chi connectivity index (χ3n) is 5.29. The summed E-state index contributed by atoms with van der Waals surface area (Å²) in [4.78, 5) is 29.3. The summed E-state index contributed by atoms with van der Waals surface area (Å²) >= 11 is 0. The van der Waals surface area contributed by atoms with Crippen LogP contribution in [0.15, 0.2) is 59.3 Å². The predicted molar refractivity (Wildman–Crippen MR) is 112 cm³/mol. The first-order chi connectivity index (χ1) is 14.2. The van der Waals surface area contributed by atoms with Gasteiger partial charge in [-0.15, -0.1) is 0 Å². The van der Waals surface area contributed by atoms with Crippen LogP contribution in [0.25, 0.3) is 16.7 Å². The molecule has 0 bridgehead atoms. The summed E-state index contributed by atoms with van der Waals surface area (Å²) < 4.78 is 3.12. The second kappa shape index (κ2) is 8.86. The lowest BCUT2D eigenvalue weighted by molar-refractivity contribution is -0.121. The monoisotopic (exact) mass is 391 g/mol. The molecule has 1 aromatic carbocycles. The summed E-state index contributed by atoms with van der Waals surface area (Å²) in [6, 6.07) is 9.56. The van der Waals surface area contributed by atoms with Crippen LogP contribution in [-0.4, -0.2) is 31.8 Å². The van der Waals surface area contributed by atoms with E-state index in [1.165, 1.54) is 35.5 Å². The SMILES string of the molecule is O=C(CCn1cnc2c(cnn2-c2ccccc2)c1=O)NCCC1=CCCCC1. The second-order valence-corrected chi connectivity index (χ2v) is 7.33. The van der Waals surface area contributed by atoms with E-state index in [0.717, 1.165) is 24.9 Å². The summed E-state index contributed by atoms with van der Waals surface area (Å²) in [6.07, 6.45) is 11.3. The Kier molecular flexibility index (Phi) is 5.84. The number of aromatic nitrogens is 4. The summed E-state index contributed by atoms with van der Waals surface area (Å²) in [6.45, 7) is 0.952. The maximum absolute atomic E-state index is 12.7. The van der Waals surface area contributed by atoms with E-state index in [9.17, 15) is 9.59 Å². The van der Waals surface area contributed by atoms with Crippen molar-refractivity contribution in [3.05, 3.63) is 64.9 Å². The van der Waals surface area contributed by atoms with Gasteiger partial charge in [0.25, 0.3) is 5.56 Å². The molecule has 0 spiro atoms. The smallest absolute Gasteiger partial charge is 0.264 e. The lowest BCUT2D eigenvalue weighted by Crippen LogP contribution is -2.28. The van der Waals surface area contributed by atoms with Crippen LogP contribution < -0.4 is 10.9 Å². The highest BCUT2D eigenvalue weighted by atomic mass is 16.1. The van der Waals surface area contributed by atoms with Crippen molar-refractivity contribution in [1.82, 2.24) is 24.6 Å². The van der Waals surface area contributed by atoms with Crippen LogP contribution in [0.4, 0.5) is 0 Å². The number of aryl methyl sites for hydroxylation is 1. The fourth-order valence-electron chi connectivity index (χ4n) is 3.67. The Morgan fingerprint density at radius 2 is 2.03 bits per heavy atom. The molecule has 2 heterocycles. The number of rotatable bonds is 7. The van der Waals surface area contributed by atoms with Gasteiger partial charge in [0, 0.05) is 19.5 Å². The zero-order valence-electron chi connectivity index (χ0n) is 16.4. The minimum Gasteiger partial charge on any atom is -0.356 e. The van der Waals surface area contributed by atoms with E-state index in [-0.39, 0.29) is 17.9 Å². The van der Waals surface area contributed by atoms with E-state index in [2.05, 4.69) is 21.5 Å². The zero-order chi connectivity index (χ0) is 20.1. The van der Waals surface area contributed by atoms with E-state index in [1.54, 1.807) is 4.68 Å². The number of nitrogens with zero attached hydrogens (tertiary/aromatic N) is 4. The molecule has 0 saturated heterocycles. The van der Waals surface area contributed by atoms with Crippen LogP contribution in [-0.2, 0) is 11.3 Å². The number of carbonyl (C=O) groups is 1. The fourth-order valence-corrected chi connectivity index (χ4v) is 3.67. The first-order valence-corrected chi connectivity index (χ1v) is 10.2. The molecular weight excluding hydrogens is 366 g/mol. The predicted octanol–water partition coefficient (Wildman–Crippen LogP) is 2.98. The molecule has 29 heavy (non-hydrogen) atoms. The molecule has 4 rings (SSSR count). The van der Waals surface area contributed by atoms with E-state index >= 15 is 0 Å². The minimum atomic E-state index is -0.183. The van der Waals surface area contributed by atoms with Crippen molar-refractivity contribution in [2.75, 3.05) is 6.54 Å². The standard InChI is InChI=1S/C22H25N5O2/c28-20(23-13-11-17-7-3-1-4-8-17)12-14-26-16-24-21-19(22(26)29)15-25-27(21)18-9-5-2-6-10-18/h2,5-7,9-10,15-16H,1,3-4,8,11-14H2,(H,23,28). The largest absolute Gasteiger partial charge is 0.356 e. The number of carbonyl (C=O) groups excluding carboxylic acids is 1. The van der Waals surface area contributed by atoms with Crippen molar-refractivity contribution in [1.29, 1.82) is 0 Å². The fraction of sp³-hybridized carbons (Fsp3) is 0.364. The van der Waals surface area contributed by atoms with Crippen LogP contribution in [0.5, 0.6) is 0 Å². The second-order valence-electron chi connectivity index (χ2n) is 7.33. The number of para-hydroxylation sites is 1. The molecule has 1 N–H and O–H groups in total. The van der Waals surface area contributed by atoms with Crippen molar-refractivity contribution < 1.29 is 4.79 Å². The van der Waals surface area contributed by atoms with E-state index in [1.807, 2.05) is 30.3 Å². The van der Waals surface area contributed by atoms with Crippen molar-refractivity contribution >= 4 is 16.9 Å². The van der Waals surface area contributed by atoms with Crippen LogP contribution in [0.3, 0.4) is 0 Å². The van der Waals surface area contributed by atoms with Gasteiger partial charge in [-0.3, -0.25) is 14.2 Å². The number of nitrogens with one attached hydrogen (secondary N) is 1. The molecule has 0 saturated carbocycles. The third kappa shape index (κ3) is 4.45. The van der Waals surface area contributed by atoms with Crippen LogP contribution in [0.1, 0.15) is 38.5 Å². The van der Waals surface area contributed by atoms with Gasteiger partial charge in [-0.2, -0.15) is 5.10 Å². The first kappa shape index (κ1) is 19.1. The van der Waals surface area contributed by atoms with Gasteiger partial charge in [-0.1, -0.05) is 29.8 Å². The lowest BCUT2D eigenvalue weighted by atomic mass is 9.97. The summed E-state index contributed by atoms with van der Waals surface area (Å²) in [5.41, 5.74) is 2.62. The van der Waals surface area contributed by atoms with Crippen molar-refractivity contribution in [2.24, 2.45) is 0 Å². The van der Waals surface area contributed by atoms with Gasteiger partial charge < -0.3 is 5.32 Å².